The number of carbonyl (C=O) groups excluding carboxylic acids is 1. The molecule has 1 aliphatic heterocycles. The molecule has 0 spiro atoms. The minimum Gasteiger partial charge on any atom is -0.328 e. The van der Waals surface area contributed by atoms with E-state index in [1.807, 2.05) is 23.1 Å². The standard InChI is InChI=1S/C15H21N3O/c19-14(18-11-9-16-10-12-18)17-15(7-4-8-15)13-5-2-1-3-6-13/h1-3,5-6,16H,4,7-12H2,(H,17,19). The van der Waals surface area contributed by atoms with Crippen LogP contribution in [-0.2, 0) is 5.54 Å². The number of nitrogens with one attached hydrogen (secondary N) is 2. The Bertz CT molecular complexity index is 436. The van der Waals surface area contributed by atoms with Crippen molar-refractivity contribution in [1.29, 1.82) is 0 Å². The normalized spacial score (nSPS) is 21.6. The summed E-state index contributed by atoms with van der Waals surface area (Å²) < 4.78 is 0. The van der Waals surface area contributed by atoms with Crippen molar-refractivity contribution in [3.63, 3.8) is 0 Å². The lowest BCUT2D eigenvalue weighted by Crippen LogP contribution is -2.57. The number of hydrogen-bond acceptors (Lipinski definition) is 2. The average molecular weight is 259 g/mol. The molecule has 0 atom stereocenters. The monoisotopic (exact) mass is 259 g/mol. The van der Waals surface area contributed by atoms with Crippen LogP contribution < -0.4 is 10.6 Å². The minimum absolute atomic E-state index is 0.0880. The number of piperazine rings is 1. The molecule has 2 N–H and O–H groups in total. The van der Waals surface area contributed by atoms with Crippen molar-refractivity contribution in [2.45, 2.75) is 24.8 Å². The van der Waals surface area contributed by atoms with Gasteiger partial charge in [-0.15, -0.1) is 0 Å². The van der Waals surface area contributed by atoms with Crippen LogP contribution >= 0.6 is 0 Å². The molecule has 2 amide bonds. The summed E-state index contributed by atoms with van der Waals surface area (Å²) >= 11 is 0. The largest absolute Gasteiger partial charge is 0.328 e. The average Bonchev–Trinajstić information content (AvgIpc) is 2.44. The predicted molar refractivity (Wildman–Crippen MR) is 74.9 cm³/mol. The molecular weight excluding hydrogens is 238 g/mol. The van der Waals surface area contributed by atoms with E-state index in [0.29, 0.717) is 0 Å². The first kappa shape index (κ1) is 12.5. The molecule has 1 heterocycles. The predicted octanol–water partition coefficient (Wildman–Crippen LogP) is 1.68. The number of nitrogens with zero attached hydrogens (tertiary/aromatic N) is 1. The number of rotatable bonds is 2. The molecule has 3 rings (SSSR count). The third-order valence-electron chi connectivity index (χ3n) is 4.28. The van der Waals surface area contributed by atoms with Crippen molar-refractivity contribution in [2.75, 3.05) is 26.2 Å². The maximum Gasteiger partial charge on any atom is 0.318 e. The number of urea groups is 1. The molecule has 0 unspecified atom stereocenters. The van der Waals surface area contributed by atoms with E-state index < -0.39 is 0 Å². The van der Waals surface area contributed by atoms with Gasteiger partial charge >= 0.3 is 6.03 Å². The highest BCUT2D eigenvalue weighted by Gasteiger charge is 2.40. The Hall–Kier alpha value is -1.55. The molecule has 1 aliphatic carbocycles. The van der Waals surface area contributed by atoms with Gasteiger partial charge in [0.2, 0.25) is 0 Å². The molecule has 19 heavy (non-hydrogen) atoms. The van der Waals surface area contributed by atoms with Gasteiger partial charge in [0.1, 0.15) is 0 Å². The highest BCUT2D eigenvalue weighted by atomic mass is 16.2. The SMILES string of the molecule is O=C(NC1(c2ccccc2)CCC1)N1CCNCC1. The summed E-state index contributed by atoms with van der Waals surface area (Å²) in [5.41, 5.74) is 1.12. The molecule has 1 saturated carbocycles. The van der Waals surface area contributed by atoms with E-state index >= 15 is 0 Å². The van der Waals surface area contributed by atoms with Crippen LogP contribution in [0, 0.1) is 0 Å². The molecule has 4 nitrogen and oxygen atoms in total. The first-order chi connectivity index (χ1) is 9.30. The Kier molecular flexibility index (Phi) is 3.42. The van der Waals surface area contributed by atoms with Crippen molar-refractivity contribution in [3.8, 4) is 0 Å². The van der Waals surface area contributed by atoms with Gasteiger partial charge < -0.3 is 15.5 Å². The van der Waals surface area contributed by atoms with E-state index in [1.54, 1.807) is 0 Å². The van der Waals surface area contributed by atoms with E-state index in [2.05, 4.69) is 22.8 Å². The zero-order valence-corrected chi connectivity index (χ0v) is 11.2. The number of benzene rings is 1. The lowest BCUT2D eigenvalue weighted by atomic mass is 9.72. The summed E-state index contributed by atoms with van der Waals surface area (Å²) in [4.78, 5) is 14.3. The van der Waals surface area contributed by atoms with E-state index in [0.717, 1.165) is 39.0 Å². The molecule has 4 heteroatoms. The molecule has 1 saturated heterocycles. The van der Waals surface area contributed by atoms with Crippen molar-refractivity contribution in [3.05, 3.63) is 35.9 Å². The summed E-state index contributed by atoms with van der Waals surface area (Å²) in [5.74, 6) is 0. The minimum atomic E-state index is -0.122. The number of hydrogen-bond donors (Lipinski definition) is 2. The molecule has 0 radical (unpaired) electrons. The fourth-order valence-electron chi connectivity index (χ4n) is 2.93. The fraction of sp³-hybridized carbons (Fsp3) is 0.533. The van der Waals surface area contributed by atoms with Gasteiger partial charge in [0.05, 0.1) is 5.54 Å². The molecule has 2 fully saturated rings. The summed E-state index contributed by atoms with van der Waals surface area (Å²) in [7, 11) is 0. The maximum absolute atomic E-state index is 12.4. The maximum atomic E-state index is 12.4. The van der Waals surface area contributed by atoms with E-state index in [9.17, 15) is 4.79 Å². The highest BCUT2D eigenvalue weighted by Crippen LogP contribution is 2.41. The van der Waals surface area contributed by atoms with E-state index in [-0.39, 0.29) is 11.6 Å². The van der Waals surface area contributed by atoms with Crippen LogP contribution in [0.2, 0.25) is 0 Å². The van der Waals surface area contributed by atoms with Crippen molar-refractivity contribution in [2.24, 2.45) is 0 Å². The molecule has 0 aromatic heterocycles. The van der Waals surface area contributed by atoms with Gasteiger partial charge in [-0.1, -0.05) is 30.3 Å². The van der Waals surface area contributed by atoms with E-state index in [1.165, 1.54) is 12.0 Å². The first-order valence-corrected chi connectivity index (χ1v) is 7.14. The number of carbonyl (C=O) groups is 1. The van der Waals surface area contributed by atoms with Gasteiger partial charge in [-0.25, -0.2) is 4.79 Å². The van der Waals surface area contributed by atoms with Crippen molar-refractivity contribution in [1.82, 2.24) is 15.5 Å². The summed E-state index contributed by atoms with van der Waals surface area (Å²) in [6, 6.07) is 10.5. The van der Waals surface area contributed by atoms with Crippen molar-refractivity contribution >= 4 is 6.03 Å². The third kappa shape index (κ3) is 2.45. The van der Waals surface area contributed by atoms with Gasteiger partial charge in [-0.05, 0) is 24.8 Å². The van der Waals surface area contributed by atoms with Gasteiger partial charge in [-0.2, -0.15) is 0 Å². The summed E-state index contributed by atoms with van der Waals surface area (Å²) in [5, 5.41) is 6.55. The van der Waals surface area contributed by atoms with Crippen LogP contribution in [0.25, 0.3) is 0 Å². The van der Waals surface area contributed by atoms with Crippen LogP contribution in [0.4, 0.5) is 4.79 Å². The van der Waals surface area contributed by atoms with Crippen LogP contribution in [0.3, 0.4) is 0 Å². The van der Waals surface area contributed by atoms with Crippen molar-refractivity contribution < 1.29 is 4.79 Å². The molecule has 0 bridgehead atoms. The zero-order valence-electron chi connectivity index (χ0n) is 11.2. The topological polar surface area (TPSA) is 44.4 Å². The molecule has 1 aromatic rings. The van der Waals surface area contributed by atoms with Crippen LogP contribution in [0.1, 0.15) is 24.8 Å². The lowest BCUT2D eigenvalue weighted by molar-refractivity contribution is 0.145. The zero-order chi connectivity index (χ0) is 13.1. The second kappa shape index (κ2) is 5.21. The Morgan fingerprint density at radius 2 is 1.84 bits per heavy atom. The van der Waals surface area contributed by atoms with Crippen LogP contribution in [0.15, 0.2) is 30.3 Å². The number of amides is 2. The van der Waals surface area contributed by atoms with Crippen LogP contribution in [0.5, 0.6) is 0 Å². The molecule has 102 valence electrons. The molecule has 1 aromatic carbocycles. The van der Waals surface area contributed by atoms with Crippen LogP contribution in [-0.4, -0.2) is 37.1 Å². The Morgan fingerprint density at radius 3 is 2.42 bits per heavy atom. The Labute approximate surface area is 114 Å². The van der Waals surface area contributed by atoms with E-state index in [4.69, 9.17) is 0 Å². The lowest BCUT2D eigenvalue weighted by Gasteiger charge is -2.44. The Balaban J connectivity index is 1.71. The smallest absolute Gasteiger partial charge is 0.318 e. The Morgan fingerprint density at radius 1 is 1.16 bits per heavy atom. The third-order valence-corrected chi connectivity index (χ3v) is 4.28. The first-order valence-electron chi connectivity index (χ1n) is 7.14. The fourth-order valence-corrected chi connectivity index (χ4v) is 2.93. The second-order valence-electron chi connectivity index (χ2n) is 5.47. The van der Waals surface area contributed by atoms with Gasteiger partial charge in [0.15, 0.2) is 0 Å². The summed E-state index contributed by atoms with van der Waals surface area (Å²) in [6.45, 7) is 3.39. The van der Waals surface area contributed by atoms with Gasteiger partial charge in [-0.3, -0.25) is 0 Å². The van der Waals surface area contributed by atoms with Gasteiger partial charge in [0.25, 0.3) is 0 Å². The molecular formula is C15H21N3O. The summed E-state index contributed by atoms with van der Waals surface area (Å²) in [6.07, 6.45) is 3.29. The second-order valence-corrected chi connectivity index (χ2v) is 5.47. The highest BCUT2D eigenvalue weighted by molar-refractivity contribution is 5.75. The van der Waals surface area contributed by atoms with Gasteiger partial charge in [0, 0.05) is 26.2 Å². The molecule has 2 aliphatic rings. The quantitative estimate of drug-likeness (QED) is 0.848.